The first-order valence-electron chi connectivity index (χ1n) is 5.70. The maximum atomic E-state index is 11.1. The molecular formula is C14H14O4S. The van der Waals surface area contributed by atoms with Gasteiger partial charge in [0.05, 0.1) is 17.0 Å². The second-order valence-corrected chi connectivity index (χ2v) is 5.03. The van der Waals surface area contributed by atoms with E-state index in [9.17, 15) is 9.90 Å². The van der Waals surface area contributed by atoms with Gasteiger partial charge in [-0.3, -0.25) is 0 Å². The van der Waals surface area contributed by atoms with E-state index in [0.29, 0.717) is 17.0 Å². The summed E-state index contributed by atoms with van der Waals surface area (Å²) < 4.78 is 5.04. The molecule has 0 radical (unpaired) electrons. The molecule has 0 aliphatic rings. The zero-order valence-corrected chi connectivity index (χ0v) is 11.2. The molecule has 2 N–H and O–H groups in total. The molecule has 0 saturated carbocycles. The van der Waals surface area contributed by atoms with Crippen molar-refractivity contribution in [2.45, 2.75) is 12.7 Å². The molecule has 0 bridgehead atoms. The Morgan fingerprint density at radius 1 is 1.42 bits per heavy atom. The Hall–Kier alpha value is -1.69. The fraction of sp³-hybridized carbons (Fsp3) is 0.214. The molecule has 1 aromatic carbocycles. The van der Waals surface area contributed by atoms with Crippen LogP contribution in [-0.4, -0.2) is 23.3 Å². The van der Waals surface area contributed by atoms with Gasteiger partial charge >= 0.3 is 5.97 Å². The fourth-order valence-electron chi connectivity index (χ4n) is 1.88. The molecule has 1 unspecified atom stereocenters. The lowest BCUT2D eigenvalue weighted by Gasteiger charge is -2.12. The number of aromatic carboxylic acids is 1. The Morgan fingerprint density at radius 2 is 2.21 bits per heavy atom. The van der Waals surface area contributed by atoms with E-state index in [1.165, 1.54) is 17.4 Å². The Bertz CT molecular complexity index is 576. The summed E-state index contributed by atoms with van der Waals surface area (Å²) >= 11 is 1.24. The summed E-state index contributed by atoms with van der Waals surface area (Å²) in [4.78, 5) is 11.5. The van der Waals surface area contributed by atoms with Gasteiger partial charge in [-0.1, -0.05) is 24.3 Å². The van der Waals surface area contributed by atoms with Crippen LogP contribution in [0.3, 0.4) is 0 Å². The smallest absolute Gasteiger partial charge is 0.336 e. The van der Waals surface area contributed by atoms with Crippen molar-refractivity contribution in [1.29, 1.82) is 0 Å². The number of benzene rings is 1. The van der Waals surface area contributed by atoms with Gasteiger partial charge in [0, 0.05) is 7.11 Å². The summed E-state index contributed by atoms with van der Waals surface area (Å²) in [6.45, 7) is 0.455. The lowest BCUT2D eigenvalue weighted by molar-refractivity contribution is 0.0692. The fourth-order valence-corrected chi connectivity index (χ4v) is 2.78. The van der Waals surface area contributed by atoms with Gasteiger partial charge in [0.25, 0.3) is 0 Å². The number of ether oxygens (including phenoxy) is 1. The van der Waals surface area contributed by atoms with Crippen LogP contribution in [-0.2, 0) is 11.3 Å². The second kappa shape index (κ2) is 5.97. The third kappa shape index (κ3) is 3.01. The maximum absolute atomic E-state index is 11.1. The molecule has 0 amide bonds. The quantitative estimate of drug-likeness (QED) is 0.882. The van der Waals surface area contributed by atoms with Crippen LogP contribution >= 0.6 is 11.3 Å². The van der Waals surface area contributed by atoms with E-state index in [-0.39, 0.29) is 5.56 Å². The van der Waals surface area contributed by atoms with Gasteiger partial charge in [0.1, 0.15) is 6.10 Å². The van der Waals surface area contributed by atoms with Crippen molar-refractivity contribution in [3.63, 3.8) is 0 Å². The summed E-state index contributed by atoms with van der Waals surface area (Å²) in [7, 11) is 1.60. The third-order valence-electron chi connectivity index (χ3n) is 2.75. The van der Waals surface area contributed by atoms with Crippen LogP contribution in [0.5, 0.6) is 0 Å². The SMILES string of the molecule is COCc1cccc(C(O)c2sccc2C(=O)O)c1. The number of aliphatic hydroxyl groups is 1. The first-order valence-corrected chi connectivity index (χ1v) is 6.58. The Kier molecular flexibility index (Phi) is 4.31. The number of carboxylic acid groups (broad SMARTS) is 1. The number of rotatable bonds is 5. The molecule has 4 nitrogen and oxygen atoms in total. The van der Waals surface area contributed by atoms with E-state index in [1.54, 1.807) is 18.6 Å². The number of aliphatic hydroxyl groups excluding tert-OH is 1. The standard InChI is InChI=1S/C14H14O4S/c1-18-8-9-3-2-4-10(7-9)12(15)13-11(14(16)17)5-6-19-13/h2-7,12,15H,8H2,1H3,(H,16,17). The van der Waals surface area contributed by atoms with Crippen molar-refractivity contribution >= 4 is 17.3 Å². The van der Waals surface area contributed by atoms with E-state index in [0.717, 1.165) is 5.56 Å². The molecular weight excluding hydrogens is 264 g/mol. The molecule has 5 heteroatoms. The lowest BCUT2D eigenvalue weighted by atomic mass is 10.0. The van der Waals surface area contributed by atoms with Crippen LogP contribution in [0, 0.1) is 0 Å². The summed E-state index contributed by atoms with van der Waals surface area (Å²) in [5.74, 6) is -1.02. The van der Waals surface area contributed by atoms with Crippen molar-refractivity contribution in [3.05, 3.63) is 57.3 Å². The van der Waals surface area contributed by atoms with Crippen molar-refractivity contribution in [2.75, 3.05) is 7.11 Å². The molecule has 19 heavy (non-hydrogen) atoms. The largest absolute Gasteiger partial charge is 0.478 e. The van der Waals surface area contributed by atoms with Gasteiger partial charge in [-0.25, -0.2) is 4.79 Å². The topological polar surface area (TPSA) is 66.8 Å². The zero-order valence-electron chi connectivity index (χ0n) is 10.4. The normalized spacial score (nSPS) is 12.3. The minimum absolute atomic E-state index is 0.148. The molecule has 0 aliphatic heterocycles. The van der Waals surface area contributed by atoms with Crippen molar-refractivity contribution < 1.29 is 19.7 Å². The van der Waals surface area contributed by atoms with Crippen LogP contribution in [0.25, 0.3) is 0 Å². The molecule has 100 valence electrons. The molecule has 2 rings (SSSR count). The van der Waals surface area contributed by atoms with Crippen LogP contribution < -0.4 is 0 Å². The van der Waals surface area contributed by atoms with Crippen molar-refractivity contribution in [2.24, 2.45) is 0 Å². The summed E-state index contributed by atoms with van der Waals surface area (Å²) in [5.41, 5.74) is 1.75. The molecule has 0 aliphatic carbocycles. The number of carbonyl (C=O) groups is 1. The number of methoxy groups -OCH3 is 1. The number of thiophene rings is 1. The van der Waals surface area contributed by atoms with Crippen LogP contribution in [0.15, 0.2) is 35.7 Å². The Morgan fingerprint density at radius 3 is 2.89 bits per heavy atom. The average molecular weight is 278 g/mol. The van der Waals surface area contributed by atoms with E-state index in [1.807, 2.05) is 18.2 Å². The van der Waals surface area contributed by atoms with E-state index < -0.39 is 12.1 Å². The molecule has 2 aromatic rings. The number of hydrogen-bond donors (Lipinski definition) is 2. The minimum atomic E-state index is -1.02. The highest BCUT2D eigenvalue weighted by molar-refractivity contribution is 7.10. The molecule has 1 atom stereocenters. The first-order chi connectivity index (χ1) is 9.13. The minimum Gasteiger partial charge on any atom is -0.478 e. The van der Waals surface area contributed by atoms with Gasteiger partial charge in [0.2, 0.25) is 0 Å². The lowest BCUT2D eigenvalue weighted by Crippen LogP contribution is -2.05. The molecule has 0 spiro atoms. The Balaban J connectivity index is 2.33. The number of carboxylic acids is 1. The van der Waals surface area contributed by atoms with Gasteiger partial charge in [-0.2, -0.15) is 0 Å². The summed E-state index contributed by atoms with van der Waals surface area (Å²) in [6, 6.07) is 8.81. The van der Waals surface area contributed by atoms with E-state index in [4.69, 9.17) is 9.84 Å². The van der Waals surface area contributed by atoms with Crippen molar-refractivity contribution in [1.82, 2.24) is 0 Å². The summed E-state index contributed by atoms with van der Waals surface area (Å²) in [6.07, 6.45) is -0.928. The molecule has 1 heterocycles. The van der Waals surface area contributed by atoms with Crippen molar-refractivity contribution in [3.8, 4) is 0 Å². The predicted octanol–water partition coefficient (Wildman–Crippen LogP) is 2.67. The second-order valence-electron chi connectivity index (χ2n) is 4.08. The molecule has 1 aromatic heterocycles. The van der Waals surface area contributed by atoms with Gasteiger partial charge in [-0.05, 0) is 22.6 Å². The van der Waals surface area contributed by atoms with Gasteiger partial charge < -0.3 is 14.9 Å². The average Bonchev–Trinajstić information content (AvgIpc) is 2.88. The molecule has 0 fully saturated rings. The highest BCUT2D eigenvalue weighted by Crippen LogP contribution is 2.30. The predicted molar refractivity (Wildman–Crippen MR) is 72.5 cm³/mol. The summed E-state index contributed by atoms with van der Waals surface area (Å²) in [5, 5.41) is 21.0. The Labute approximate surface area is 114 Å². The highest BCUT2D eigenvalue weighted by atomic mass is 32.1. The monoisotopic (exact) mass is 278 g/mol. The van der Waals surface area contributed by atoms with E-state index >= 15 is 0 Å². The first kappa shape index (κ1) is 13.7. The van der Waals surface area contributed by atoms with E-state index in [2.05, 4.69) is 0 Å². The maximum Gasteiger partial charge on any atom is 0.336 e. The van der Waals surface area contributed by atoms with Crippen LogP contribution in [0.1, 0.15) is 32.5 Å². The van der Waals surface area contributed by atoms with Crippen LogP contribution in [0.2, 0.25) is 0 Å². The number of hydrogen-bond acceptors (Lipinski definition) is 4. The zero-order chi connectivity index (χ0) is 13.8. The third-order valence-corrected chi connectivity index (χ3v) is 3.72. The van der Waals surface area contributed by atoms with Gasteiger partial charge in [-0.15, -0.1) is 11.3 Å². The van der Waals surface area contributed by atoms with Gasteiger partial charge in [0.15, 0.2) is 0 Å². The molecule has 0 saturated heterocycles. The van der Waals surface area contributed by atoms with Crippen LogP contribution in [0.4, 0.5) is 0 Å². The highest BCUT2D eigenvalue weighted by Gasteiger charge is 2.20.